The number of carboxylic acids is 1. The number of carbonyl (C=O) groups excluding carboxylic acids is 1. The van der Waals surface area contributed by atoms with Crippen molar-refractivity contribution in [3.8, 4) is 23.0 Å². The number of aromatic carboxylic acids is 1. The maximum absolute atomic E-state index is 11.3. The summed E-state index contributed by atoms with van der Waals surface area (Å²) in [5.41, 5.74) is 0.953. The van der Waals surface area contributed by atoms with Crippen molar-refractivity contribution in [3.63, 3.8) is 0 Å². The molecule has 0 amide bonds. The van der Waals surface area contributed by atoms with Crippen molar-refractivity contribution >= 4 is 33.3 Å². The van der Waals surface area contributed by atoms with Crippen LogP contribution >= 0.6 is 0 Å². The highest BCUT2D eigenvalue weighted by atomic mass is 16.5. The topological polar surface area (TPSA) is 91.3 Å². The first kappa shape index (κ1) is 24.4. The Morgan fingerprint density at radius 1 is 0.559 bits per heavy atom. The van der Waals surface area contributed by atoms with Gasteiger partial charge in [-0.2, -0.15) is 0 Å². The predicted molar refractivity (Wildman–Crippen MR) is 131 cm³/mol. The second-order valence-electron chi connectivity index (χ2n) is 7.40. The van der Waals surface area contributed by atoms with E-state index in [-0.39, 0.29) is 11.3 Å². The van der Waals surface area contributed by atoms with E-state index in [1.165, 1.54) is 0 Å². The minimum atomic E-state index is -0.943. The Kier molecular flexibility index (Phi) is 7.58. The molecule has 0 aliphatic rings. The number of ketones is 1. The van der Waals surface area contributed by atoms with E-state index in [0.29, 0.717) is 28.6 Å². The van der Waals surface area contributed by atoms with Crippen molar-refractivity contribution in [1.82, 2.24) is 0 Å². The summed E-state index contributed by atoms with van der Waals surface area (Å²) in [7, 11) is 6.31. The fraction of sp³-hybridized carbons (Fsp3) is 0.185. The van der Waals surface area contributed by atoms with Crippen LogP contribution < -0.4 is 18.9 Å². The monoisotopic (exact) mass is 462 g/mol. The lowest BCUT2D eigenvalue weighted by Crippen LogP contribution is -1.96. The largest absolute Gasteiger partial charge is 0.493 e. The van der Waals surface area contributed by atoms with Crippen LogP contribution in [0.3, 0.4) is 0 Å². The van der Waals surface area contributed by atoms with E-state index < -0.39 is 5.97 Å². The van der Waals surface area contributed by atoms with Gasteiger partial charge in [0.2, 0.25) is 0 Å². The van der Waals surface area contributed by atoms with Gasteiger partial charge in [0.15, 0.2) is 28.8 Å². The molecule has 176 valence electrons. The van der Waals surface area contributed by atoms with Gasteiger partial charge in [-0.05, 0) is 70.9 Å². The standard InChI is InChI=1S/C14H14O3.C13H12O4/c1-9(15)10-4-5-11-7-13(16-2)14(17-3)8-12(11)6-10;1-16-11-6-8-3-4-9(13(14)15)5-10(8)7-12(11)17-2/h4-8H,1-3H3;3-7H,1-2H3,(H,14,15). The van der Waals surface area contributed by atoms with Crippen LogP contribution in [0.2, 0.25) is 0 Å². The van der Waals surface area contributed by atoms with Crippen LogP contribution in [-0.4, -0.2) is 45.3 Å². The Balaban J connectivity index is 0.000000191. The molecule has 0 radical (unpaired) electrons. The third-order valence-electron chi connectivity index (χ3n) is 5.34. The summed E-state index contributed by atoms with van der Waals surface area (Å²) in [6.45, 7) is 1.56. The number of ether oxygens (including phenoxy) is 4. The highest BCUT2D eigenvalue weighted by Gasteiger charge is 2.09. The number of benzene rings is 4. The van der Waals surface area contributed by atoms with Crippen LogP contribution in [0.25, 0.3) is 21.5 Å². The molecular weight excluding hydrogens is 436 g/mol. The lowest BCUT2D eigenvalue weighted by molar-refractivity contribution is 0.0696. The third-order valence-corrected chi connectivity index (χ3v) is 5.34. The summed E-state index contributed by atoms with van der Waals surface area (Å²) in [4.78, 5) is 22.2. The van der Waals surface area contributed by atoms with E-state index in [1.54, 1.807) is 59.6 Å². The number of hydrogen-bond acceptors (Lipinski definition) is 6. The van der Waals surface area contributed by atoms with Gasteiger partial charge in [-0.1, -0.05) is 18.2 Å². The number of carboxylic acid groups (broad SMARTS) is 1. The van der Waals surface area contributed by atoms with Gasteiger partial charge in [0.05, 0.1) is 34.0 Å². The first-order chi connectivity index (χ1) is 16.3. The van der Waals surface area contributed by atoms with Crippen LogP contribution in [0.15, 0.2) is 60.7 Å². The second kappa shape index (κ2) is 10.6. The summed E-state index contributed by atoms with van der Waals surface area (Å²) < 4.78 is 20.8. The van der Waals surface area contributed by atoms with Gasteiger partial charge in [-0.15, -0.1) is 0 Å². The molecule has 4 rings (SSSR count). The van der Waals surface area contributed by atoms with Gasteiger partial charge in [-0.3, -0.25) is 4.79 Å². The molecule has 0 atom stereocenters. The lowest BCUT2D eigenvalue weighted by Gasteiger charge is -2.09. The average molecular weight is 462 g/mol. The first-order valence-electron chi connectivity index (χ1n) is 10.4. The number of Topliss-reactive ketones (excluding diaryl/α,β-unsaturated/α-hetero) is 1. The zero-order chi connectivity index (χ0) is 24.8. The molecule has 0 aliphatic heterocycles. The molecule has 0 saturated heterocycles. The van der Waals surface area contributed by atoms with E-state index in [1.807, 2.05) is 36.4 Å². The van der Waals surface area contributed by atoms with Crippen LogP contribution in [0.4, 0.5) is 0 Å². The molecule has 7 heteroatoms. The molecule has 0 heterocycles. The molecule has 1 N–H and O–H groups in total. The molecule has 34 heavy (non-hydrogen) atoms. The summed E-state index contributed by atoms with van der Waals surface area (Å²) >= 11 is 0. The molecule has 0 unspecified atom stereocenters. The van der Waals surface area contributed by atoms with Crippen LogP contribution in [-0.2, 0) is 0 Å². The van der Waals surface area contributed by atoms with Gasteiger partial charge in [0.1, 0.15) is 0 Å². The van der Waals surface area contributed by atoms with Crippen LogP contribution in [0, 0.1) is 0 Å². The van der Waals surface area contributed by atoms with Gasteiger partial charge >= 0.3 is 5.97 Å². The van der Waals surface area contributed by atoms with Crippen molar-refractivity contribution in [2.75, 3.05) is 28.4 Å². The first-order valence-corrected chi connectivity index (χ1v) is 10.4. The van der Waals surface area contributed by atoms with Crippen molar-refractivity contribution in [2.24, 2.45) is 0 Å². The maximum Gasteiger partial charge on any atom is 0.335 e. The summed E-state index contributed by atoms with van der Waals surface area (Å²) in [6, 6.07) is 17.9. The van der Waals surface area contributed by atoms with E-state index in [2.05, 4.69) is 0 Å². The number of rotatable bonds is 6. The van der Waals surface area contributed by atoms with E-state index in [9.17, 15) is 9.59 Å². The number of fused-ring (bicyclic) bond motifs is 2. The molecule has 0 spiro atoms. The van der Waals surface area contributed by atoms with E-state index in [0.717, 1.165) is 21.5 Å². The Morgan fingerprint density at radius 2 is 0.912 bits per heavy atom. The molecule has 0 fully saturated rings. The van der Waals surface area contributed by atoms with Gasteiger partial charge in [0.25, 0.3) is 0 Å². The van der Waals surface area contributed by atoms with Crippen molar-refractivity contribution in [1.29, 1.82) is 0 Å². The summed E-state index contributed by atoms with van der Waals surface area (Å²) in [6.07, 6.45) is 0. The Labute approximate surface area is 197 Å². The average Bonchev–Trinajstić information content (AvgIpc) is 2.86. The molecule has 4 aromatic carbocycles. The van der Waals surface area contributed by atoms with Crippen molar-refractivity contribution in [3.05, 3.63) is 71.8 Å². The fourth-order valence-electron chi connectivity index (χ4n) is 3.50. The van der Waals surface area contributed by atoms with E-state index >= 15 is 0 Å². The summed E-state index contributed by atoms with van der Waals surface area (Å²) in [5.74, 6) is 1.69. The van der Waals surface area contributed by atoms with Crippen LogP contribution in [0.5, 0.6) is 23.0 Å². The number of methoxy groups -OCH3 is 4. The fourth-order valence-corrected chi connectivity index (χ4v) is 3.50. The third kappa shape index (κ3) is 5.20. The van der Waals surface area contributed by atoms with Crippen LogP contribution in [0.1, 0.15) is 27.6 Å². The molecule has 4 aromatic rings. The van der Waals surface area contributed by atoms with Crippen molar-refractivity contribution < 1.29 is 33.6 Å². The second-order valence-corrected chi connectivity index (χ2v) is 7.40. The van der Waals surface area contributed by atoms with Gasteiger partial charge in [-0.25, -0.2) is 4.79 Å². The smallest absolute Gasteiger partial charge is 0.335 e. The lowest BCUT2D eigenvalue weighted by atomic mass is 10.0. The quantitative estimate of drug-likeness (QED) is 0.372. The van der Waals surface area contributed by atoms with Gasteiger partial charge < -0.3 is 24.1 Å². The highest BCUT2D eigenvalue weighted by molar-refractivity contribution is 5.99. The molecule has 7 nitrogen and oxygen atoms in total. The molecule has 0 aliphatic carbocycles. The SMILES string of the molecule is COc1cc2ccc(C(=O)O)cc2cc1OC.COc1cc2ccc(C(C)=O)cc2cc1OC. The predicted octanol–water partition coefficient (Wildman–Crippen LogP) is 5.61. The van der Waals surface area contributed by atoms with Crippen molar-refractivity contribution in [2.45, 2.75) is 6.92 Å². The van der Waals surface area contributed by atoms with Gasteiger partial charge in [0, 0.05) is 5.56 Å². The molecule has 0 bridgehead atoms. The molecule has 0 saturated carbocycles. The summed E-state index contributed by atoms with van der Waals surface area (Å²) in [5, 5.41) is 12.6. The molecular formula is C27H26O7. The maximum atomic E-state index is 11.3. The Hall–Kier alpha value is -4.26. The zero-order valence-electron chi connectivity index (χ0n) is 19.7. The normalized spacial score (nSPS) is 10.3. The molecule has 0 aromatic heterocycles. The highest BCUT2D eigenvalue weighted by Crippen LogP contribution is 2.33. The number of carbonyl (C=O) groups is 2. The zero-order valence-corrected chi connectivity index (χ0v) is 19.7. The minimum Gasteiger partial charge on any atom is -0.493 e. The number of hydrogen-bond donors (Lipinski definition) is 1. The Morgan fingerprint density at radius 3 is 1.26 bits per heavy atom. The Bertz CT molecular complexity index is 1250. The minimum absolute atomic E-state index is 0.0571. The van der Waals surface area contributed by atoms with E-state index in [4.69, 9.17) is 24.1 Å².